The number of rotatable bonds is 7. The van der Waals surface area contributed by atoms with Gasteiger partial charge < -0.3 is 18.4 Å². The highest BCUT2D eigenvalue weighted by molar-refractivity contribution is 7.80. The summed E-state index contributed by atoms with van der Waals surface area (Å²) in [6.07, 6.45) is 0.406. The van der Waals surface area contributed by atoms with Crippen LogP contribution in [0.5, 0.6) is 0 Å². The van der Waals surface area contributed by atoms with E-state index in [-0.39, 0.29) is 23.9 Å². The van der Waals surface area contributed by atoms with Crippen LogP contribution in [0, 0.1) is 0 Å². The van der Waals surface area contributed by atoms with Crippen LogP contribution in [0.1, 0.15) is 33.6 Å². The van der Waals surface area contributed by atoms with Crippen molar-refractivity contribution in [3.05, 3.63) is 0 Å². The smallest absolute Gasteiger partial charge is 0.502 e. The molecular formula is C10H16O7SSi. The highest BCUT2D eigenvalue weighted by Crippen LogP contribution is 2.20. The standard InChI is InChI=1S/C10H16O7SSi/c1-7(11)15-19(16-8(2)12,17-9(3)13)6-4-5-10(14)18/h4-6H2,1-3H3,(H,14,18). The Bertz CT molecular complexity index is 341. The van der Waals surface area contributed by atoms with Gasteiger partial charge in [-0.15, -0.1) is 0 Å². The number of thiocarbonyl (C=S) groups is 1. The van der Waals surface area contributed by atoms with Gasteiger partial charge >= 0.3 is 8.80 Å². The summed E-state index contributed by atoms with van der Waals surface area (Å²) in [7, 11) is -3.77. The zero-order valence-electron chi connectivity index (χ0n) is 10.9. The third-order valence-corrected chi connectivity index (χ3v) is 4.74. The molecule has 19 heavy (non-hydrogen) atoms. The highest BCUT2D eigenvalue weighted by atomic mass is 32.1. The topological polar surface area (TPSA) is 99.1 Å². The maximum atomic E-state index is 11.1. The Balaban J connectivity index is 4.97. The molecule has 9 heteroatoms. The summed E-state index contributed by atoms with van der Waals surface area (Å²) in [4.78, 5) is 33.2. The van der Waals surface area contributed by atoms with Crippen molar-refractivity contribution < 1.29 is 32.8 Å². The minimum absolute atomic E-state index is 0.00639. The van der Waals surface area contributed by atoms with Gasteiger partial charge in [0.1, 0.15) is 0 Å². The molecule has 0 spiro atoms. The zero-order valence-corrected chi connectivity index (χ0v) is 12.7. The third-order valence-electron chi connectivity index (χ3n) is 1.77. The van der Waals surface area contributed by atoms with Crippen molar-refractivity contribution in [2.24, 2.45) is 0 Å². The van der Waals surface area contributed by atoms with Crippen LogP contribution in [0.4, 0.5) is 0 Å². The van der Waals surface area contributed by atoms with E-state index in [0.717, 1.165) is 20.8 Å². The Morgan fingerprint density at radius 2 is 1.37 bits per heavy atom. The fourth-order valence-electron chi connectivity index (χ4n) is 1.33. The molecule has 0 bridgehead atoms. The van der Waals surface area contributed by atoms with E-state index in [1.54, 1.807) is 0 Å². The molecule has 0 amide bonds. The number of carbonyl (C=O) groups is 3. The molecule has 0 saturated carbocycles. The Morgan fingerprint density at radius 3 is 1.63 bits per heavy atom. The van der Waals surface area contributed by atoms with Crippen LogP contribution in [0.3, 0.4) is 0 Å². The van der Waals surface area contributed by atoms with Gasteiger partial charge in [0.15, 0.2) is 5.05 Å². The normalized spacial score (nSPS) is 10.5. The molecule has 0 aliphatic carbocycles. The molecule has 0 atom stereocenters. The van der Waals surface area contributed by atoms with Gasteiger partial charge in [0.05, 0.1) is 6.04 Å². The molecule has 0 aliphatic rings. The molecule has 7 nitrogen and oxygen atoms in total. The number of hydrogen-bond donors (Lipinski definition) is 1. The first kappa shape index (κ1) is 17.5. The molecule has 0 unspecified atom stereocenters. The van der Waals surface area contributed by atoms with Crippen molar-refractivity contribution in [3.63, 3.8) is 0 Å². The average molecular weight is 308 g/mol. The second kappa shape index (κ2) is 7.84. The number of aliphatic hydroxyl groups excluding tert-OH is 1. The van der Waals surface area contributed by atoms with Crippen LogP contribution in [0.2, 0.25) is 6.04 Å². The van der Waals surface area contributed by atoms with Gasteiger partial charge in [-0.05, 0) is 18.6 Å². The summed E-state index contributed by atoms with van der Waals surface area (Å²) in [6.45, 7) is 3.35. The molecular weight excluding hydrogens is 292 g/mol. The largest absolute Gasteiger partial charge is 0.705 e. The summed E-state index contributed by atoms with van der Waals surface area (Å²) < 4.78 is 14.8. The molecule has 0 aliphatic heterocycles. The maximum absolute atomic E-state index is 11.1. The molecule has 0 aromatic carbocycles. The third kappa shape index (κ3) is 8.27. The monoisotopic (exact) mass is 308 g/mol. The lowest BCUT2D eigenvalue weighted by atomic mass is 10.4. The Labute approximate surface area is 117 Å². The minimum Gasteiger partial charge on any atom is -0.502 e. The summed E-state index contributed by atoms with van der Waals surface area (Å²) in [5, 5.41) is 8.69. The summed E-state index contributed by atoms with van der Waals surface area (Å²) in [5.41, 5.74) is 0. The van der Waals surface area contributed by atoms with Crippen LogP contribution in [0.25, 0.3) is 0 Å². The molecule has 0 heterocycles. The number of hydrogen-bond acceptors (Lipinski definition) is 7. The van der Waals surface area contributed by atoms with Gasteiger partial charge in [-0.1, -0.05) is 0 Å². The summed E-state index contributed by atoms with van der Waals surface area (Å²) in [6, 6.07) is 0.00639. The number of aliphatic hydroxyl groups is 1. The van der Waals surface area contributed by atoms with Crippen LogP contribution < -0.4 is 0 Å². The number of carbonyl (C=O) groups excluding carboxylic acids is 3. The van der Waals surface area contributed by atoms with E-state index in [0.29, 0.717) is 0 Å². The van der Waals surface area contributed by atoms with E-state index < -0.39 is 26.7 Å². The molecule has 0 aromatic rings. The van der Waals surface area contributed by atoms with Crippen molar-refractivity contribution in [2.45, 2.75) is 39.7 Å². The molecule has 0 radical (unpaired) electrons. The maximum Gasteiger partial charge on any atom is 0.705 e. The van der Waals surface area contributed by atoms with Crippen molar-refractivity contribution >= 4 is 44.0 Å². The Hall–Kier alpha value is -1.48. The minimum atomic E-state index is -3.77. The summed E-state index contributed by atoms with van der Waals surface area (Å²) >= 11 is 4.50. The zero-order chi connectivity index (χ0) is 15.1. The fraction of sp³-hybridized carbons (Fsp3) is 0.600. The van der Waals surface area contributed by atoms with E-state index in [9.17, 15) is 14.4 Å². The lowest BCUT2D eigenvalue weighted by Crippen LogP contribution is -2.49. The predicted molar refractivity (Wildman–Crippen MR) is 70.3 cm³/mol. The van der Waals surface area contributed by atoms with E-state index in [4.69, 9.17) is 18.4 Å². The molecule has 0 rings (SSSR count). The van der Waals surface area contributed by atoms with Gasteiger partial charge in [0.2, 0.25) is 0 Å². The van der Waals surface area contributed by atoms with Crippen LogP contribution in [0.15, 0.2) is 0 Å². The second-order valence-electron chi connectivity index (χ2n) is 3.71. The molecule has 0 fully saturated rings. The van der Waals surface area contributed by atoms with Crippen LogP contribution in [-0.4, -0.2) is 36.9 Å². The van der Waals surface area contributed by atoms with Gasteiger partial charge in [0.25, 0.3) is 17.9 Å². The van der Waals surface area contributed by atoms with Crippen molar-refractivity contribution in [2.75, 3.05) is 0 Å². The quantitative estimate of drug-likeness (QED) is 0.554. The van der Waals surface area contributed by atoms with E-state index >= 15 is 0 Å². The Kier molecular flexibility index (Phi) is 7.23. The van der Waals surface area contributed by atoms with Gasteiger partial charge in [-0.2, -0.15) is 0 Å². The van der Waals surface area contributed by atoms with E-state index in [1.807, 2.05) is 0 Å². The first-order chi connectivity index (χ1) is 8.67. The van der Waals surface area contributed by atoms with Gasteiger partial charge in [-0.3, -0.25) is 14.4 Å². The molecule has 0 saturated heterocycles. The average Bonchev–Trinajstić information content (AvgIpc) is 2.12. The first-order valence-corrected chi connectivity index (χ1v) is 7.81. The van der Waals surface area contributed by atoms with Crippen LogP contribution in [-0.2, 0) is 27.7 Å². The molecule has 108 valence electrons. The first-order valence-electron chi connectivity index (χ1n) is 5.47. The lowest BCUT2D eigenvalue weighted by Gasteiger charge is -2.26. The summed E-state index contributed by atoms with van der Waals surface area (Å²) in [5.74, 6) is -2.16. The SMILES string of the molecule is CC(=O)O[Si](CCCC(O)=S)(OC(C)=O)OC(C)=O. The Morgan fingerprint density at radius 1 is 1.00 bits per heavy atom. The van der Waals surface area contributed by atoms with Gasteiger partial charge in [-0.25, -0.2) is 0 Å². The van der Waals surface area contributed by atoms with E-state index in [1.165, 1.54) is 0 Å². The predicted octanol–water partition coefficient (Wildman–Crippen LogP) is 1.28. The van der Waals surface area contributed by atoms with Crippen molar-refractivity contribution in [3.8, 4) is 0 Å². The molecule has 1 N–H and O–H groups in total. The molecule has 0 aromatic heterocycles. The highest BCUT2D eigenvalue weighted by Gasteiger charge is 2.51. The van der Waals surface area contributed by atoms with Crippen molar-refractivity contribution in [1.82, 2.24) is 0 Å². The van der Waals surface area contributed by atoms with E-state index in [2.05, 4.69) is 12.2 Å². The van der Waals surface area contributed by atoms with Gasteiger partial charge in [0, 0.05) is 27.2 Å². The van der Waals surface area contributed by atoms with Crippen molar-refractivity contribution in [1.29, 1.82) is 0 Å². The fourth-order valence-corrected chi connectivity index (χ4v) is 3.83. The lowest BCUT2D eigenvalue weighted by molar-refractivity contribution is -0.147. The second-order valence-corrected chi connectivity index (χ2v) is 6.66. The van der Waals surface area contributed by atoms with Crippen LogP contribution >= 0.6 is 12.2 Å².